The van der Waals surface area contributed by atoms with Crippen LogP contribution in [0.1, 0.15) is 21.5 Å². The van der Waals surface area contributed by atoms with Crippen molar-refractivity contribution in [2.24, 2.45) is 0 Å². The minimum absolute atomic E-state index is 0.00864. The number of rotatable bonds is 4. The van der Waals surface area contributed by atoms with Crippen LogP contribution in [-0.2, 0) is 6.42 Å². The van der Waals surface area contributed by atoms with Gasteiger partial charge in [0.2, 0.25) is 0 Å². The molecule has 0 fully saturated rings. The Labute approximate surface area is 134 Å². The van der Waals surface area contributed by atoms with Crippen LogP contribution >= 0.6 is 0 Å². The van der Waals surface area contributed by atoms with E-state index in [0.29, 0.717) is 18.5 Å². The lowest BCUT2D eigenvalue weighted by Crippen LogP contribution is -2.25. The lowest BCUT2D eigenvalue weighted by molar-refractivity contribution is 0.0951. The molecule has 1 heterocycles. The normalized spacial score (nSPS) is 10.7. The molecule has 0 aliphatic carbocycles. The van der Waals surface area contributed by atoms with Gasteiger partial charge in [-0.1, -0.05) is 30.3 Å². The maximum atomic E-state index is 12.1. The summed E-state index contributed by atoms with van der Waals surface area (Å²) in [7, 11) is 0. The number of nitrogens with one attached hydrogen (secondary N) is 1. The van der Waals surface area contributed by atoms with Crippen molar-refractivity contribution in [2.45, 2.75) is 13.3 Å². The molecule has 2 N–H and O–H groups in total. The molecule has 116 valence electrons. The largest absolute Gasteiger partial charge is 0.507 e. The Bertz CT molecular complexity index is 854. The Hall–Kier alpha value is -2.88. The van der Waals surface area contributed by atoms with Gasteiger partial charge in [0.25, 0.3) is 5.91 Å². The quantitative estimate of drug-likeness (QED) is 0.778. The first-order valence-corrected chi connectivity index (χ1v) is 7.55. The first-order chi connectivity index (χ1) is 11.1. The summed E-state index contributed by atoms with van der Waals surface area (Å²) in [5.41, 5.74) is 3.27. The van der Waals surface area contributed by atoms with Crippen molar-refractivity contribution >= 4 is 16.8 Å². The summed E-state index contributed by atoms with van der Waals surface area (Å²) in [4.78, 5) is 16.6. The van der Waals surface area contributed by atoms with Crippen molar-refractivity contribution in [3.63, 3.8) is 0 Å². The molecular weight excluding hydrogens is 288 g/mol. The maximum Gasteiger partial charge on any atom is 0.255 e. The molecule has 4 heteroatoms. The fourth-order valence-electron chi connectivity index (χ4n) is 2.61. The van der Waals surface area contributed by atoms with E-state index in [1.165, 1.54) is 0 Å². The van der Waals surface area contributed by atoms with Crippen LogP contribution in [0.5, 0.6) is 5.75 Å². The minimum Gasteiger partial charge on any atom is -0.507 e. The van der Waals surface area contributed by atoms with Crippen LogP contribution < -0.4 is 5.32 Å². The third-order valence-electron chi connectivity index (χ3n) is 3.79. The number of fused-ring (bicyclic) bond motifs is 1. The highest BCUT2D eigenvalue weighted by Crippen LogP contribution is 2.19. The molecule has 0 unspecified atom stereocenters. The molecule has 0 radical (unpaired) electrons. The van der Waals surface area contributed by atoms with Crippen LogP contribution in [0.4, 0.5) is 0 Å². The van der Waals surface area contributed by atoms with E-state index in [9.17, 15) is 9.90 Å². The summed E-state index contributed by atoms with van der Waals surface area (Å²) in [6.07, 6.45) is 2.46. The summed E-state index contributed by atoms with van der Waals surface area (Å²) in [6.45, 7) is 2.36. The lowest BCUT2D eigenvalue weighted by atomic mass is 10.1. The van der Waals surface area contributed by atoms with E-state index in [0.717, 1.165) is 22.0 Å². The Balaban J connectivity index is 1.68. The second-order valence-electron chi connectivity index (χ2n) is 5.52. The Morgan fingerprint density at radius 2 is 2.00 bits per heavy atom. The van der Waals surface area contributed by atoms with E-state index >= 15 is 0 Å². The second kappa shape index (κ2) is 6.48. The van der Waals surface area contributed by atoms with E-state index < -0.39 is 0 Å². The fraction of sp³-hybridized carbons (Fsp3) is 0.158. The highest BCUT2D eigenvalue weighted by Gasteiger charge is 2.10. The van der Waals surface area contributed by atoms with Gasteiger partial charge in [-0.15, -0.1) is 0 Å². The highest BCUT2D eigenvalue weighted by molar-refractivity contribution is 5.96. The van der Waals surface area contributed by atoms with Crippen LogP contribution in [0.3, 0.4) is 0 Å². The summed E-state index contributed by atoms with van der Waals surface area (Å²) in [5.74, 6) is -0.259. The summed E-state index contributed by atoms with van der Waals surface area (Å²) in [6, 6.07) is 15.0. The smallest absolute Gasteiger partial charge is 0.255 e. The van der Waals surface area contributed by atoms with Gasteiger partial charge in [0.1, 0.15) is 5.75 Å². The zero-order valence-electron chi connectivity index (χ0n) is 12.9. The molecule has 0 atom stereocenters. The van der Waals surface area contributed by atoms with E-state index in [-0.39, 0.29) is 11.7 Å². The van der Waals surface area contributed by atoms with Crippen LogP contribution in [0, 0.1) is 6.92 Å². The van der Waals surface area contributed by atoms with Crippen molar-refractivity contribution in [1.29, 1.82) is 0 Å². The third-order valence-corrected chi connectivity index (χ3v) is 3.79. The number of aromatic hydroxyl groups is 1. The molecule has 2 aromatic carbocycles. The Morgan fingerprint density at radius 1 is 1.17 bits per heavy atom. The van der Waals surface area contributed by atoms with Gasteiger partial charge in [0.05, 0.1) is 11.1 Å². The van der Waals surface area contributed by atoms with Crippen LogP contribution in [0.25, 0.3) is 10.9 Å². The van der Waals surface area contributed by atoms with Crippen molar-refractivity contribution < 1.29 is 9.90 Å². The molecular formula is C19H18N2O2. The molecule has 3 rings (SSSR count). The number of hydrogen-bond donors (Lipinski definition) is 2. The number of aryl methyl sites for hydroxylation is 1. The number of benzene rings is 2. The zero-order valence-corrected chi connectivity index (χ0v) is 12.9. The van der Waals surface area contributed by atoms with Gasteiger partial charge in [-0.25, -0.2) is 0 Å². The zero-order chi connectivity index (χ0) is 16.2. The molecule has 4 nitrogen and oxygen atoms in total. The molecule has 0 saturated carbocycles. The monoisotopic (exact) mass is 306 g/mol. The molecule has 0 spiro atoms. The summed E-state index contributed by atoms with van der Waals surface area (Å²) in [5, 5.41) is 13.8. The fourth-order valence-corrected chi connectivity index (χ4v) is 2.61. The average molecular weight is 306 g/mol. The predicted molar refractivity (Wildman–Crippen MR) is 90.6 cm³/mol. The average Bonchev–Trinajstić information content (AvgIpc) is 2.55. The second-order valence-corrected chi connectivity index (χ2v) is 5.52. The van der Waals surface area contributed by atoms with Gasteiger partial charge >= 0.3 is 0 Å². The van der Waals surface area contributed by atoms with Gasteiger partial charge in [0, 0.05) is 18.1 Å². The number of phenolic OH excluding ortho intramolecular Hbond substituents is 1. The van der Waals surface area contributed by atoms with E-state index in [4.69, 9.17) is 0 Å². The van der Waals surface area contributed by atoms with E-state index in [2.05, 4.69) is 10.3 Å². The van der Waals surface area contributed by atoms with Crippen molar-refractivity contribution in [2.75, 3.05) is 6.54 Å². The minimum atomic E-state index is -0.268. The number of carbonyl (C=O) groups is 1. The van der Waals surface area contributed by atoms with Gasteiger partial charge in [-0.05, 0) is 42.7 Å². The number of amides is 1. The Kier molecular flexibility index (Phi) is 4.24. The maximum absolute atomic E-state index is 12.1. The van der Waals surface area contributed by atoms with Crippen molar-refractivity contribution in [1.82, 2.24) is 10.3 Å². The van der Waals surface area contributed by atoms with Crippen LogP contribution in [0.2, 0.25) is 0 Å². The number of aromatic nitrogens is 1. The van der Waals surface area contributed by atoms with Crippen LogP contribution in [0.15, 0.2) is 54.7 Å². The number of phenols is 1. The molecule has 1 amide bonds. The van der Waals surface area contributed by atoms with Crippen LogP contribution in [-0.4, -0.2) is 22.5 Å². The SMILES string of the molecule is Cc1ccc(C(=O)NCCc2cccc3cccnc23)c(O)c1. The number of para-hydroxylation sites is 1. The number of pyridine rings is 1. The molecule has 0 aliphatic heterocycles. The number of hydrogen-bond acceptors (Lipinski definition) is 3. The van der Waals surface area contributed by atoms with Gasteiger partial charge in [-0.3, -0.25) is 9.78 Å². The molecule has 3 aromatic rings. The predicted octanol–water partition coefficient (Wildman–Crippen LogP) is 3.22. The first-order valence-electron chi connectivity index (χ1n) is 7.55. The standard InChI is InChI=1S/C19H18N2O2/c1-13-7-8-16(17(22)12-13)19(23)21-11-9-15-5-2-4-14-6-3-10-20-18(14)15/h2-8,10,12,22H,9,11H2,1H3,(H,21,23). The van der Waals surface area contributed by atoms with E-state index in [1.54, 1.807) is 18.3 Å². The van der Waals surface area contributed by atoms with E-state index in [1.807, 2.05) is 43.3 Å². The van der Waals surface area contributed by atoms with Gasteiger partial charge < -0.3 is 10.4 Å². The summed E-state index contributed by atoms with van der Waals surface area (Å²) < 4.78 is 0. The Morgan fingerprint density at radius 3 is 2.83 bits per heavy atom. The number of nitrogens with zero attached hydrogens (tertiary/aromatic N) is 1. The van der Waals surface area contributed by atoms with Crippen molar-refractivity contribution in [3.05, 3.63) is 71.4 Å². The molecule has 0 aliphatic rings. The molecule has 0 saturated heterocycles. The molecule has 1 aromatic heterocycles. The number of carbonyl (C=O) groups excluding carboxylic acids is 1. The van der Waals surface area contributed by atoms with Crippen molar-refractivity contribution in [3.8, 4) is 5.75 Å². The lowest BCUT2D eigenvalue weighted by Gasteiger charge is -2.09. The van der Waals surface area contributed by atoms with Gasteiger partial charge in [0.15, 0.2) is 0 Å². The third kappa shape index (κ3) is 3.31. The first kappa shape index (κ1) is 15.0. The van der Waals surface area contributed by atoms with Gasteiger partial charge in [-0.2, -0.15) is 0 Å². The topological polar surface area (TPSA) is 62.2 Å². The molecule has 0 bridgehead atoms. The highest BCUT2D eigenvalue weighted by atomic mass is 16.3. The summed E-state index contributed by atoms with van der Waals surface area (Å²) >= 11 is 0. The molecule has 23 heavy (non-hydrogen) atoms.